The van der Waals surface area contributed by atoms with E-state index in [1.165, 1.54) is 38.4 Å². The Labute approximate surface area is 162 Å². The van der Waals surface area contributed by atoms with E-state index in [0.29, 0.717) is 6.07 Å². The topological polar surface area (TPSA) is 101 Å². The zero-order valence-electron chi connectivity index (χ0n) is 15.0. The van der Waals surface area contributed by atoms with Gasteiger partial charge in [-0.25, -0.2) is 29.9 Å². The normalized spacial score (nSPS) is 12.2. The van der Waals surface area contributed by atoms with Gasteiger partial charge in [-0.2, -0.15) is 0 Å². The summed E-state index contributed by atoms with van der Waals surface area (Å²) in [4.78, 5) is 11.8. The fraction of sp³-hybridized carbons (Fsp3) is 0.235. The van der Waals surface area contributed by atoms with E-state index in [0.717, 1.165) is 16.4 Å². The Bertz CT molecular complexity index is 1100. The van der Waals surface area contributed by atoms with Crippen LogP contribution >= 0.6 is 0 Å². The van der Waals surface area contributed by atoms with Crippen molar-refractivity contribution in [3.63, 3.8) is 0 Å². The number of sulfone groups is 1. The molecule has 0 saturated heterocycles. The van der Waals surface area contributed by atoms with Gasteiger partial charge in [-0.05, 0) is 29.8 Å². The third-order valence-corrected chi connectivity index (χ3v) is 6.91. The van der Waals surface area contributed by atoms with Crippen LogP contribution in [0.15, 0.2) is 47.4 Å². The van der Waals surface area contributed by atoms with Crippen LogP contribution < -0.4 is 5.32 Å². The summed E-state index contributed by atoms with van der Waals surface area (Å²) in [5.74, 6) is -4.40. The van der Waals surface area contributed by atoms with E-state index in [2.05, 4.69) is 5.32 Å². The van der Waals surface area contributed by atoms with Crippen LogP contribution in [0.4, 0.5) is 14.5 Å². The molecule has 0 fully saturated rings. The molecule has 7 nitrogen and oxygen atoms in total. The second kappa shape index (κ2) is 8.33. The smallest absolute Gasteiger partial charge is 0.242 e. The molecular formula is C17H18F2N2O5S2. The van der Waals surface area contributed by atoms with Crippen LogP contribution in [0.1, 0.15) is 5.56 Å². The number of amides is 1. The molecule has 0 heterocycles. The maximum atomic E-state index is 13.5. The maximum Gasteiger partial charge on any atom is 0.242 e. The van der Waals surface area contributed by atoms with E-state index in [9.17, 15) is 30.4 Å². The van der Waals surface area contributed by atoms with Gasteiger partial charge in [0.15, 0.2) is 9.84 Å². The van der Waals surface area contributed by atoms with Crippen LogP contribution in [0, 0.1) is 11.6 Å². The SMILES string of the molecule is CN(C)S(=O)(=O)c1cccc(CS(=O)(=O)CC(=O)Nc2ccc(F)cc2F)c1. The summed E-state index contributed by atoms with van der Waals surface area (Å²) < 4.78 is 76.2. The number of carbonyl (C=O) groups is 1. The van der Waals surface area contributed by atoms with E-state index < -0.39 is 48.9 Å². The minimum Gasteiger partial charge on any atom is -0.323 e. The van der Waals surface area contributed by atoms with Crippen molar-refractivity contribution in [1.82, 2.24) is 4.31 Å². The second-order valence-electron chi connectivity index (χ2n) is 6.14. The molecule has 0 aliphatic rings. The van der Waals surface area contributed by atoms with E-state index in [4.69, 9.17) is 0 Å². The lowest BCUT2D eigenvalue weighted by Crippen LogP contribution is -2.25. The minimum atomic E-state index is -3.97. The van der Waals surface area contributed by atoms with Crippen molar-refractivity contribution in [2.24, 2.45) is 0 Å². The Kier molecular flexibility index (Phi) is 6.52. The standard InChI is InChI=1S/C17H18F2N2O5S2/c1-21(2)28(25,26)14-5-3-4-12(8-14)10-27(23,24)11-17(22)20-16-7-6-13(18)9-15(16)19/h3-9H,10-11H2,1-2H3,(H,20,22). The molecule has 152 valence electrons. The molecular weight excluding hydrogens is 414 g/mol. The summed E-state index contributed by atoms with van der Waals surface area (Å²) in [7, 11) is -5.02. The fourth-order valence-corrected chi connectivity index (χ4v) is 4.52. The summed E-state index contributed by atoms with van der Waals surface area (Å²) >= 11 is 0. The lowest BCUT2D eigenvalue weighted by molar-refractivity contribution is -0.113. The number of hydrogen-bond donors (Lipinski definition) is 1. The molecule has 2 aromatic rings. The zero-order valence-corrected chi connectivity index (χ0v) is 16.6. The highest BCUT2D eigenvalue weighted by Crippen LogP contribution is 2.18. The van der Waals surface area contributed by atoms with E-state index in [-0.39, 0.29) is 16.1 Å². The van der Waals surface area contributed by atoms with E-state index in [1.807, 2.05) is 0 Å². The molecule has 0 spiro atoms. The van der Waals surface area contributed by atoms with Crippen molar-refractivity contribution in [2.45, 2.75) is 10.6 Å². The summed E-state index contributed by atoms with van der Waals surface area (Å²) in [5.41, 5.74) is -0.163. The lowest BCUT2D eigenvalue weighted by atomic mass is 10.2. The monoisotopic (exact) mass is 432 g/mol. The predicted molar refractivity (Wildman–Crippen MR) is 99.8 cm³/mol. The third-order valence-electron chi connectivity index (χ3n) is 3.62. The third kappa shape index (κ3) is 5.57. The summed E-state index contributed by atoms with van der Waals surface area (Å²) in [6.45, 7) is 0. The molecule has 2 rings (SSSR count). The Morgan fingerprint density at radius 2 is 1.71 bits per heavy atom. The molecule has 0 unspecified atom stereocenters. The lowest BCUT2D eigenvalue weighted by Gasteiger charge is -2.12. The van der Waals surface area contributed by atoms with Crippen molar-refractivity contribution < 1.29 is 30.4 Å². The van der Waals surface area contributed by atoms with Crippen LogP contribution in [0.25, 0.3) is 0 Å². The second-order valence-corrected chi connectivity index (χ2v) is 10.4. The first-order valence-electron chi connectivity index (χ1n) is 7.87. The average Bonchev–Trinajstić information content (AvgIpc) is 2.56. The number of nitrogens with zero attached hydrogens (tertiary/aromatic N) is 1. The van der Waals surface area contributed by atoms with Gasteiger partial charge < -0.3 is 5.32 Å². The molecule has 0 aliphatic heterocycles. The van der Waals surface area contributed by atoms with Gasteiger partial charge in [0.2, 0.25) is 15.9 Å². The Morgan fingerprint density at radius 3 is 2.32 bits per heavy atom. The first-order valence-corrected chi connectivity index (χ1v) is 11.1. The van der Waals surface area contributed by atoms with E-state index in [1.54, 1.807) is 0 Å². The first-order chi connectivity index (χ1) is 12.9. The van der Waals surface area contributed by atoms with Gasteiger partial charge in [0.1, 0.15) is 17.4 Å². The molecule has 0 aliphatic carbocycles. The van der Waals surface area contributed by atoms with Crippen LogP contribution in [-0.4, -0.2) is 46.9 Å². The minimum absolute atomic E-state index is 0.0805. The molecule has 28 heavy (non-hydrogen) atoms. The van der Waals surface area contributed by atoms with Gasteiger partial charge in [-0.1, -0.05) is 12.1 Å². The number of anilines is 1. The van der Waals surface area contributed by atoms with Gasteiger partial charge in [0.25, 0.3) is 0 Å². The summed E-state index contributed by atoms with van der Waals surface area (Å²) in [5, 5.41) is 2.07. The van der Waals surface area contributed by atoms with Gasteiger partial charge in [0.05, 0.1) is 16.3 Å². The highest BCUT2D eigenvalue weighted by Gasteiger charge is 2.21. The molecule has 0 atom stereocenters. The highest BCUT2D eigenvalue weighted by molar-refractivity contribution is 7.91. The van der Waals surface area contributed by atoms with Gasteiger partial charge in [0, 0.05) is 20.2 Å². The van der Waals surface area contributed by atoms with Crippen LogP contribution in [0.3, 0.4) is 0 Å². The van der Waals surface area contributed by atoms with Crippen LogP contribution in [0.5, 0.6) is 0 Å². The van der Waals surface area contributed by atoms with Gasteiger partial charge in [-0.15, -0.1) is 0 Å². The molecule has 1 amide bonds. The largest absolute Gasteiger partial charge is 0.323 e. The quantitative estimate of drug-likeness (QED) is 0.719. The van der Waals surface area contributed by atoms with Crippen molar-refractivity contribution in [3.8, 4) is 0 Å². The van der Waals surface area contributed by atoms with Gasteiger partial charge >= 0.3 is 0 Å². The van der Waals surface area contributed by atoms with Crippen molar-refractivity contribution in [1.29, 1.82) is 0 Å². The number of hydrogen-bond acceptors (Lipinski definition) is 5. The zero-order chi connectivity index (χ0) is 21.1. The van der Waals surface area contributed by atoms with E-state index >= 15 is 0 Å². The molecule has 1 N–H and O–H groups in total. The molecule has 0 saturated carbocycles. The number of sulfonamides is 1. The fourth-order valence-electron chi connectivity index (χ4n) is 2.29. The van der Waals surface area contributed by atoms with Crippen molar-refractivity contribution >= 4 is 31.5 Å². The molecule has 0 aromatic heterocycles. The number of benzene rings is 2. The number of nitrogens with one attached hydrogen (secondary N) is 1. The molecule has 0 bridgehead atoms. The van der Waals surface area contributed by atoms with Gasteiger partial charge in [-0.3, -0.25) is 4.79 Å². The predicted octanol–water partition coefficient (Wildman–Crippen LogP) is 1.77. The van der Waals surface area contributed by atoms with Crippen LogP contribution in [-0.2, 0) is 30.4 Å². The van der Waals surface area contributed by atoms with Crippen molar-refractivity contribution in [3.05, 3.63) is 59.7 Å². The number of halogens is 2. The Balaban J connectivity index is 2.12. The molecule has 2 aromatic carbocycles. The highest BCUT2D eigenvalue weighted by atomic mass is 32.2. The Morgan fingerprint density at radius 1 is 1.04 bits per heavy atom. The first kappa shape index (κ1) is 21.9. The Hall–Kier alpha value is -2.37. The summed E-state index contributed by atoms with van der Waals surface area (Å²) in [6.07, 6.45) is 0. The molecule has 0 radical (unpaired) electrons. The van der Waals surface area contributed by atoms with Crippen LogP contribution in [0.2, 0.25) is 0 Å². The number of rotatable bonds is 7. The maximum absolute atomic E-state index is 13.5. The average molecular weight is 432 g/mol. The summed E-state index contributed by atoms with van der Waals surface area (Å²) in [6, 6.07) is 7.81. The molecule has 11 heteroatoms. The van der Waals surface area contributed by atoms with Crippen molar-refractivity contribution in [2.75, 3.05) is 25.2 Å². The number of carbonyl (C=O) groups excluding carboxylic acids is 1.